The second-order valence-corrected chi connectivity index (χ2v) is 8.69. The van der Waals surface area contributed by atoms with Crippen molar-refractivity contribution < 1.29 is 26.0 Å². The van der Waals surface area contributed by atoms with Gasteiger partial charge in [0.2, 0.25) is 0 Å². The molecule has 0 saturated carbocycles. The first kappa shape index (κ1) is 20.6. The summed E-state index contributed by atoms with van der Waals surface area (Å²) >= 11 is 11.8. The standard InChI is InChI=1S/C17H10Cl2F4N2O2S/c1-28(26,27)16-6-12(20)11(5-13(16)21)15-7-14(17(22)23)24-25(15)10-3-8(18)2-9(19)4-10/h2-7,17H,1H3. The first-order valence-corrected chi connectivity index (χ1v) is 10.2. The minimum atomic E-state index is -4.03. The van der Waals surface area contributed by atoms with Crippen molar-refractivity contribution in [3.05, 3.63) is 63.8 Å². The lowest BCUT2D eigenvalue weighted by Crippen LogP contribution is -2.05. The van der Waals surface area contributed by atoms with Crippen molar-refractivity contribution in [1.82, 2.24) is 9.78 Å². The minimum absolute atomic E-state index is 0.131. The normalized spacial score (nSPS) is 12.0. The second-order valence-electron chi connectivity index (χ2n) is 5.83. The molecule has 0 N–H and O–H groups in total. The fourth-order valence-electron chi connectivity index (χ4n) is 2.57. The van der Waals surface area contributed by atoms with Crippen LogP contribution in [0.5, 0.6) is 0 Å². The van der Waals surface area contributed by atoms with E-state index >= 15 is 0 Å². The average molecular weight is 453 g/mol. The molecule has 11 heteroatoms. The Morgan fingerprint density at radius 1 is 0.964 bits per heavy atom. The molecule has 28 heavy (non-hydrogen) atoms. The van der Waals surface area contributed by atoms with Crippen molar-refractivity contribution in [2.75, 3.05) is 6.26 Å². The average Bonchev–Trinajstić information content (AvgIpc) is 3.00. The molecule has 0 atom stereocenters. The van der Waals surface area contributed by atoms with Crippen molar-refractivity contribution in [3.8, 4) is 16.9 Å². The van der Waals surface area contributed by atoms with E-state index in [1.54, 1.807) is 0 Å². The van der Waals surface area contributed by atoms with Crippen molar-refractivity contribution in [3.63, 3.8) is 0 Å². The van der Waals surface area contributed by atoms with Gasteiger partial charge in [-0.05, 0) is 36.4 Å². The van der Waals surface area contributed by atoms with Gasteiger partial charge in [-0.15, -0.1) is 0 Å². The predicted molar refractivity (Wildman–Crippen MR) is 97.0 cm³/mol. The smallest absolute Gasteiger partial charge is 0.232 e. The summed E-state index contributed by atoms with van der Waals surface area (Å²) in [6.45, 7) is 0. The van der Waals surface area contributed by atoms with E-state index in [0.29, 0.717) is 12.1 Å². The van der Waals surface area contributed by atoms with Crippen LogP contribution in [0, 0.1) is 11.6 Å². The third-order valence-corrected chi connectivity index (χ3v) is 5.29. The zero-order valence-electron chi connectivity index (χ0n) is 13.9. The van der Waals surface area contributed by atoms with Gasteiger partial charge in [-0.1, -0.05) is 23.2 Å². The number of halogens is 6. The summed E-state index contributed by atoms with van der Waals surface area (Å²) < 4.78 is 79.3. The van der Waals surface area contributed by atoms with Gasteiger partial charge in [0, 0.05) is 21.9 Å². The molecule has 1 aromatic heterocycles. The number of sulfone groups is 1. The molecule has 3 rings (SSSR count). The Hall–Kier alpha value is -2.10. The SMILES string of the molecule is CS(=O)(=O)c1cc(F)c(-c2cc(C(F)F)nn2-c2cc(Cl)cc(Cl)c2)cc1F. The Morgan fingerprint density at radius 3 is 2.11 bits per heavy atom. The maximum Gasteiger partial charge on any atom is 0.282 e. The number of hydrogen-bond donors (Lipinski definition) is 0. The van der Waals surface area contributed by atoms with Crippen molar-refractivity contribution in [2.24, 2.45) is 0 Å². The van der Waals surface area contributed by atoms with Gasteiger partial charge < -0.3 is 0 Å². The molecule has 0 fully saturated rings. The summed E-state index contributed by atoms with van der Waals surface area (Å²) in [5, 5.41) is 4.06. The molecule has 0 radical (unpaired) electrons. The number of nitrogens with zero attached hydrogens (tertiary/aromatic N) is 2. The van der Waals surface area contributed by atoms with Crippen LogP contribution >= 0.6 is 23.2 Å². The molecule has 0 aliphatic carbocycles. The summed E-state index contributed by atoms with van der Waals surface area (Å²) in [4.78, 5) is -0.848. The monoisotopic (exact) mass is 452 g/mol. The Labute approximate surface area is 167 Å². The molecule has 0 spiro atoms. The Kier molecular flexibility index (Phi) is 5.44. The quantitative estimate of drug-likeness (QED) is 0.493. The number of benzene rings is 2. The largest absolute Gasteiger partial charge is 0.282 e. The van der Waals surface area contributed by atoms with Gasteiger partial charge in [-0.3, -0.25) is 0 Å². The highest BCUT2D eigenvalue weighted by atomic mass is 35.5. The first-order valence-electron chi connectivity index (χ1n) is 7.51. The number of hydrogen-bond acceptors (Lipinski definition) is 3. The topological polar surface area (TPSA) is 52.0 Å². The molecule has 0 amide bonds. The fourth-order valence-corrected chi connectivity index (χ4v) is 3.81. The molecule has 148 valence electrons. The fraction of sp³-hybridized carbons (Fsp3) is 0.118. The molecule has 4 nitrogen and oxygen atoms in total. The van der Waals surface area contributed by atoms with Gasteiger partial charge in [-0.25, -0.2) is 30.7 Å². The van der Waals surface area contributed by atoms with E-state index in [2.05, 4.69) is 5.10 Å². The third-order valence-electron chi connectivity index (χ3n) is 3.74. The molecule has 0 bridgehead atoms. The maximum atomic E-state index is 14.6. The van der Waals surface area contributed by atoms with Gasteiger partial charge >= 0.3 is 0 Å². The van der Waals surface area contributed by atoms with Crippen LogP contribution in [0.1, 0.15) is 12.1 Å². The molecule has 0 aliphatic rings. The molecule has 2 aromatic carbocycles. The molecular weight excluding hydrogens is 443 g/mol. The number of alkyl halides is 2. The lowest BCUT2D eigenvalue weighted by molar-refractivity contribution is 0.145. The van der Waals surface area contributed by atoms with Crippen LogP contribution in [0.4, 0.5) is 17.6 Å². The minimum Gasteiger partial charge on any atom is -0.232 e. The number of aromatic nitrogens is 2. The van der Waals surface area contributed by atoms with Gasteiger partial charge in [0.15, 0.2) is 9.84 Å². The van der Waals surface area contributed by atoms with E-state index in [9.17, 15) is 26.0 Å². The van der Waals surface area contributed by atoms with Gasteiger partial charge in [-0.2, -0.15) is 5.10 Å². The summed E-state index contributed by atoms with van der Waals surface area (Å²) in [5.74, 6) is -2.36. The highest BCUT2D eigenvalue weighted by Crippen LogP contribution is 2.33. The third kappa shape index (κ3) is 4.01. The summed E-state index contributed by atoms with van der Waals surface area (Å²) in [7, 11) is -4.03. The highest BCUT2D eigenvalue weighted by Gasteiger charge is 2.24. The second kappa shape index (κ2) is 7.38. The van der Waals surface area contributed by atoms with E-state index < -0.39 is 44.1 Å². The van der Waals surface area contributed by atoms with Gasteiger partial charge in [0.1, 0.15) is 22.2 Å². The van der Waals surface area contributed by atoms with E-state index in [4.69, 9.17) is 23.2 Å². The van der Waals surface area contributed by atoms with Crippen LogP contribution in [0.15, 0.2) is 41.3 Å². The van der Waals surface area contributed by atoms with E-state index in [1.165, 1.54) is 18.2 Å². The molecule has 0 aliphatic heterocycles. The van der Waals surface area contributed by atoms with Gasteiger partial charge in [0.25, 0.3) is 6.43 Å². The summed E-state index contributed by atoms with van der Waals surface area (Å²) in [6, 6.07) is 6.06. The molecule has 3 aromatic rings. The van der Waals surface area contributed by atoms with Crippen molar-refractivity contribution >= 4 is 33.0 Å². The van der Waals surface area contributed by atoms with E-state index in [-0.39, 0.29) is 21.4 Å². The molecular formula is C17H10Cl2F4N2O2S. The lowest BCUT2D eigenvalue weighted by atomic mass is 10.1. The number of rotatable bonds is 4. The van der Waals surface area contributed by atoms with E-state index in [1.807, 2.05) is 0 Å². The zero-order valence-corrected chi connectivity index (χ0v) is 16.3. The maximum absolute atomic E-state index is 14.6. The van der Waals surface area contributed by atoms with E-state index in [0.717, 1.165) is 17.0 Å². The van der Waals surface area contributed by atoms with Gasteiger partial charge in [0.05, 0.1) is 11.4 Å². The van der Waals surface area contributed by atoms with Crippen LogP contribution < -0.4 is 0 Å². The van der Waals surface area contributed by atoms with Crippen LogP contribution in [0.3, 0.4) is 0 Å². The highest BCUT2D eigenvalue weighted by molar-refractivity contribution is 7.90. The summed E-state index contributed by atoms with van der Waals surface area (Å²) in [6.07, 6.45) is -2.27. The zero-order chi connectivity index (χ0) is 20.8. The Balaban J connectivity index is 2.29. The lowest BCUT2D eigenvalue weighted by Gasteiger charge is -2.11. The van der Waals surface area contributed by atoms with Crippen LogP contribution in [-0.2, 0) is 9.84 Å². The van der Waals surface area contributed by atoms with Crippen molar-refractivity contribution in [2.45, 2.75) is 11.3 Å². The molecule has 0 saturated heterocycles. The van der Waals surface area contributed by atoms with Crippen molar-refractivity contribution in [1.29, 1.82) is 0 Å². The van der Waals surface area contributed by atoms with Crippen LogP contribution in [-0.4, -0.2) is 24.5 Å². The molecule has 0 unspecified atom stereocenters. The summed E-state index contributed by atoms with van der Waals surface area (Å²) in [5.41, 5.74) is -1.25. The predicted octanol–water partition coefficient (Wildman–Crippen LogP) is 5.47. The Bertz CT molecular complexity index is 1160. The molecule has 1 heterocycles. The Morgan fingerprint density at radius 2 is 1.57 bits per heavy atom. The first-order chi connectivity index (χ1) is 13.0. The van der Waals surface area contributed by atoms with Crippen LogP contribution in [0.2, 0.25) is 10.0 Å². The van der Waals surface area contributed by atoms with Crippen LogP contribution in [0.25, 0.3) is 16.9 Å².